The molecule has 64 valence electrons. The molecule has 0 saturated heterocycles. The quantitative estimate of drug-likeness (QED) is 0.466. The minimum absolute atomic E-state index is 0.243. The van der Waals surface area contributed by atoms with Crippen LogP contribution in [-0.2, 0) is 16.0 Å². The zero-order valence-corrected chi connectivity index (χ0v) is 8.74. The Balaban J connectivity index is 2.69. The minimum atomic E-state index is -0.260. The smallest absolute Gasteiger partial charge is 0.311 e. The van der Waals surface area contributed by atoms with E-state index in [0.29, 0.717) is 0 Å². The molecule has 0 bridgehead atoms. The van der Waals surface area contributed by atoms with Crippen molar-refractivity contribution in [1.82, 2.24) is 4.98 Å². The molecule has 0 atom stereocenters. The van der Waals surface area contributed by atoms with E-state index < -0.39 is 0 Å². The lowest BCUT2D eigenvalue weighted by Gasteiger charge is -1.98. The first-order valence-electron chi connectivity index (χ1n) is 3.40. The van der Waals surface area contributed by atoms with Gasteiger partial charge in [-0.2, -0.15) is 0 Å². The average molecular weight is 277 g/mol. The van der Waals surface area contributed by atoms with Crippen molar-refractivity contribution >= 4 is 28.6 Å². The lowest BCUT2D eigenvalue weighted by Crippen LogP contribution is -2.06. The van der Waals surface area contributed by atoms with Gasteiger partial charge in [0.2, 0.25) is 0 Å². The second-order valence-corrected chi connectivity index (χ2v) is 3.31. The fourth-order valence-corrected chi connectivity index (χ4v) is 1.29. The van der Waals surface area contributed by atoms with Crippen LogP contribution in [0, 0.1) is 3.70 Å². The summed E-state index contributed by atoms with van der Waals surface area (Å²) in [6.45, 7) is 0. The fourth-order valence-electron chi connectivity index (χ4n) is 0.769. The second-order valence-electron chi connectivity index (χ2n) is 2.20. The molecule has 4 heteroatoms. The topological polar surface area (TPSA) is 39.2 Å². The molecule has 0 fully saturated rings. The molecule has 1 aromatic heterocycles. The van der Waals surface area contributed by atoms with Gasteiger partial charge in [0.25, 0.3) is 0 Å². The van der Waals surface area contributed by atoms with Crippen LogP contribution in [0.5, 0.6) is 0 Å². The molecule has 3 nitrogen and oxygen atoms in total. The van der Waals surface area contributed by atoms with E-state index in [-0.39, 0.29) is 12.4 Å². The van der Waals surface area contributed by atoms with Crippen LogP contribution in [0.3, 0.4) is 0 Å². The van der Waals surface area contributed by atoms with E-state index in [1.165, 1.54) is 7.11 Å². The molecule has 1 rings (SSSR count). The number of carbonyl (C=O) groups is 1. The van der Waals surface area contributed by atoms with Gasteiger partial charge in [0.1, 0.15) is 3.70 Å². The van der Waals surface area contributed by atoms with Gasteiger partial charge in [-0.25, -0.2) is 4.98 Å². The number of esters is 1. The lowest BCUT2D eigenvalue weighted by molar-refractivity contribution is -0.139. The van der Waals surface area contributed by atoms with Crippen LogP contribution in [-0.4, -0.2) is 18.1 Å². The number of methoxy groups -OCH3 is 1. The summed E-state index contributed by atoms with van der Waals surface area (Å²) in [5.41, 5.74) is 0.744. The highest BCUT2D eigenvalue weighted by Gasteiger charge is 2.03. The summed E-state index contributed by atoms with van der Waals surface area (Å²) in [6, 6.07) is 5.55. The molecule has 0 spiro atoms. The van der Waals surface area contributed by atoms with Crippen LogP contribution in [0.2, 0.25) is 0 Å². The summed E-state index contributed by atoms with van der Waals surface area (Å²) in [6.07, 6.45) is 0.243. The van der Waals surface area contributed by atoms with E-state index in [1.807, 2.05) is 12.1 Å². The van der Waals surface area contributed by atoms with Gasteiger partial charge in [-0.15, -0.1) is 0 Å². The summed E-state index contributed by atoms with van der Waals surface area (Å²) in [4.78, 5) is 15.0. The van der Waals surface area contributed by atoms with Crippen LogP contribution in [0.15, 0.2) is 18.2 Å². The van der Waals surface area contributed by atoms with Gasteiger partial charge in [0, 0.05) is 0 Å². The molecule has 0 saturated carbocycles. The first-order chi connectivity index (χ1) is 5.72. The van der Waals surface area contributed by atoms with Crippen LogP contribution < -0.4 is 0 Å². The maximum Gasteiger partial charge on any atom is 0.311 e. The Morgan fingerprint density at radius 1 is 1.67 bits per heavy atom. The maximum absolute atomic E-state index is 10.8. The Hall–Kier alpha value is -0.650. The molecule has 12 heavy (non-hydrogen) atoms. The van der Waals surface area contributed by atoms with E-state index in [4.69, 9.17) is 0 Å². The predicted molar refractivity (Wildman–Crippen MR) is 52.7 cm³/mol. The van der Waals surface area contributed by atoms with E-state index in [9.17, 15) is 4.79 Å². The van der Waals surface area contributed by atoms with Gasteiger partial charge in [-0.3, -0.25) is 4.79 Å². The Labute approximate surface area is 84.3 Å². The van der Waals surface area contributed by atoms with Crippen LogP contribution in [0.1, 0.15) is 5.69 Å². The second kappa shape index (κ2) is 4.39. The van der Waals surface area contributed by atoms with Gasteiger partial charge < -0.3 is 4.74 Å². The summed E-state index contributed by atoms with van der Waals surface area (Å²) >= 11 is 2.10. The first kappa shape index (κ1) is 9.44. The number of halogens is 1. The minimum Gasteiger partial charge on any atom is -0.469 e. The third kappa shape index (κ3) is 2.77. The van der Waals surface area contributed by atoms with Gasteiger partial charge >= 0.3 is 5.97 Å². The highest BCUT2D eigenvalue weighted by Crippen LogP contribution is 2.03. The van der Waals surface area contributed by atoms with Crippen LogP contribution >= 0.6 is 22.6 Å². The molecule has 0 amide bonds. The van der Waals surface area contributed by atoms with Gasteiger partial charge in [-0.1, -0.05) is 6.07 Å². The summed E-state index contributed by atoms with van der Waals surface area (Å²) in [5.74, 6) is -0.260. The monoisotopic (exact) mass is 277 g/mol. The van der Waals surface area contributed by atoms with E-state index >= 15 is 0 Å². The lowest BCUT2D eigenvalue weighted by atomic mass is 10.3. The molecule has 0 N–H and O–H groups in total. The van der Waals surface area contributed by atoms with E-state index in [1.54, 1.807) is 6.07 Å². The third-order valence-corrected chi connectivity index (χ3v) is 1.93. The van der Waals surface area contributed by atoms with Crippen LogP contribution in [0.25, 0.3) is 0 Å². The van der Waals surface area contributed by atoms with Crippen molar-refractivity contribution < 1.29 is 9.53 Å². The maximum atomic E-state index is 10.8. The number of hydrogen-bond acceptors (Lipinski definition) is 3. The highest BCUT2D eigenvalue weighted by molar-refractivity contribution is 14.1. The Bertz CT molecular complexity index is 288. The Morgan fingerprint density at radius 2 is 2.42 bits per heavy atom. The predicted octanol–water partition coefficient (Wildman–Crippen LogP) is 1.40. The molecule has 0 aliphatic carbocycles. The molecule has 1 aromatic rings. The molecule has 1 heterocycles. The fraction of sp³-hybridized carbons (Fsp3) is 0.250. The average Bonchev–Trinajstić information content (AvgIpc) is 2.04. The van der Waals surface area contributed by atoms with Crippen molar-refractivity contribution in [1.29, 1.82) is 0 Å². The van der Waals surface area contributed by atoms with Crippen molar-refractivity contribution in [3.05, 3.63) is 27.6 Å². The van der Waals surface area contributed by atoms with Crippen molar-refractivity contribution in [2.24, 2.45) is 0 Å². The SMILES string of the molecule is COC(=O)Cc1cccc(I)n1. The molecular formula is C8H8INO2. The number of nitrogens with zero attached hydrogens (tertiary/aromatic N) is 1. The molecule has 0 radical (unpaired) electrons. The Morgan fingerprint density at radius 3 is 3.00 bits per heavy atom. The molecule has 0 aromatic carbocycles. The number of pyridine rings is 1. The summed E-state index contributed by atoms with van der Waals surface area (Å²) in [5, 5.41) is 0. The van der Waals surface area contributed by atoms with Gasteiger partial charge in [-0.05, 0) is 34.7 Å². The zero-order valence-electron chi connectivity index (χ0n) is 6.58. The number of rotatable bonds is 2. The highest BCUT2D eigenvalue weighted by atomic mass is 127. The Kier molecular flexibility index (Phi) is 3.46. The summed E-state index contributed by atoms with van der Waals surface area (Å²) in [7, 11) is 1.37. The largest absolute Gasteiger partial charge is 0.469 e. The van der Waals surface area contributed by atoms with Crippen molar-refractivity contribution in [2.75, 3.05) is 7.11 Å². The molecule has 0 aliphatic rings. The third-order valence-electron chi connectivity index (χ3n) is 1.33. The molecule has 0 unspecified atom stereocenters. The number of hydrogen-bond donors (Lipinski definition) is 0. The molecule has 0 aliphatic heterocycles. The van der Waals surface area contributed by atoms with Crippen molar-refractivity contribution in [3.8, 4) is 0 Å². The summed E-state index contributed by atoms with van der Waals surface area (Å²) < 4.78 is 5.40. The number of ether oxygens (including phenoxy) is 1. The van der Waals surface area contributed by atoms with Gasteiger partial charge in [0.15, 0.2) is 0 Å². The first-order valence-corrected chi connectivity index (χ1v) is 4.48. The van der Waals surface area contributed by atoms with Crippen LogP contribution in [0.4, 0.5) is 0 Å². The van der Waals surface area contributed by atoms with E-state index in [0.717, 1.165) is 9.39 Å². The normalized spacial score (nSPS) is 9.50. The molecular weight excluding hydrogens is 269 g/mol. The van der Waals surface area contributed by atoms with Crippen molar-refractivity contribution in [2.45, 2.75) is 6.42 Å². The number of carbonyl (C=O) groups excluding carboxylic acids is 1. The van der Waals surface area contributed by atoms with Gasteiger partial charge in [0.05, 0.1) is 19.2 Å². The zero-order chi connectivity index (χ0) is 8.97. The van der Waals surface area contributed by atoms with Crippen molar-refractivity contribution in [3.63, 3.8) is 0 Å². The standard InChI is InChI=1S/C8H8INO2/c1-12-8(11)5-6-3-2-4-7(9)10-6/h2-4H,5H2,1H3. The van der Waals surface area contributed by atoms with E-state index in [2.05, 4.69) is 32.3 Å². The number of aromatic nitrogens is 1.